The minimum Gasteiger partial charge on any atom is -0.494 e. The summed E-state index contributed by atoms with van der Waals surface area (Å²) in [5.41, 5.74) is 3.69. The van der Waals surface area contributed by atoms with Crippen molar-refractivity contribution in [3.05, 3.63) is 54.4 Å². The number of hydrogen-bond donors (Lipinski definition) is 0. The quantitative estimate of drug-likeness (QED) is 0.561. The molecule has 1 amide bonds. The van der Waals surface area contributed by atoms with Crippen LogP contribution in [0.25, 0.3) is 11.0 Å². The van der Waals surface area contributed by atoms with Gasteiger partial charge in [0.1, 0.15) is 11.4 Å². The number of ether oxygens (including phenoxy) is 2. The van der Waals surface area contributed by atoms with Gasteiger partial charge in [-0.3, -0.25) is 4.90 Å². The Morgan fingerprint density at radius 1 is 1.26 bits per heavy atom. The van der Waals surface area contributed by atoms with E-state index < -0.39 is 5.60 Å². The second-order valence-corrected chi connectivity index (χ2v) is 8.87. The molecule has 31 heavy (non-hydrogen) atoms. The number of amides is 1. The topological polar surface area (TPSA) is 56.6 Å². The van der Waals surface area contributed by atoms with E-state index in [4.69, 9.17) is 9.47 Å². The molecule has 1 aliphatic carbocycles. The molecule has 162 valence electrons. The SMILES string of the molecule is CCOc1cc(N2C[C@@]3(CCCC(Cn4cnc5ccccc54)C3)OC2=O)ccc1C. The number of aryl methyl sites for hydroxylation is 1. The van der Waals surface area contributed by atoms with Crippen molar-refractivity contribution in [3.8, 4) is 5.75 Å². The average Bonchev–Trinajstić information content (AvgIpc) is 3.31. The molecule has 0 bridgehead atoms. The summed E-state index contributed by atoms with van der Waals surface area (Å²) in [5.74, 6) is 1.28. The Morgan fingerprint density at radius 3 is 3.00 bits per heavy atom. The molecule has 0 radical (unpaired) electrons. The Balaban J connectivity index is 1.33. The summed E-state index contributed by atoms with van der Waals surface area (Å²) < 4.78 is 14.0. The predicted molar refractivity (Wildman–Crippen MR) is 121 cm³/mol. The van der Waals surface area contributed by atoms with Crippen LogP contribution in [0.2, 0.25) is 0 Å². The summed E-state index contributed by atoms with van der Waals surface area (Å²) in [6, 6.07) is 14.2. The Bertz CT molecular complexity index is 1110. The van der Waals surface area contributed by atoms with Gasteiger partial charge in [0.2, 0.25) is 0 Å². The second kappa shape index (κ2) is 7.91. The molecule has 3 aromatic rings. The Labute approximate surface area is 182 Å². The third kappa shape index (κ3) is 3.75. The number of hydrogen-bond acceptors (Lipinski definition) is 4. The van der Waals surface area contributed by atoms with E-state index in [0.717, 1.165) is 60.3 Å². The van der Waals surface area contributed by atoms with Crippen LogP contribution in [-0.4, -0.2) is 34.4 Å². The van der Waals surface area contributed by atoms with Gasteiger partial charge >= 0.3 is 6.09 Å². The lowest BCUT2D eigenvalue weighted by molar-refractivity contribution is 0.00439. The van der Waals surface area contributed by atoms with Crippen LogP contribution in [0.5, 0.6) is 5.75 Å². The number of carbonyl (C=O) groups excluding carboxylic acids is 1. The van der Waals surface area contributed by atoms with Gasteiger partial charge in [0.25, 0.3) is 0 Å². The van der Waals surface area contributed by atoms with Gasteiger partial charge in [0, 0.05) is 12.6 Å². The maximum atomic E-state index is 12.8. The molecule has 1 aliphatic heterocycles. The van der Waals surface area contributed by atoms with Crippen molar-refractivity contribution in [1.29, 1.82) is 0 Å². The first-order valence-electron chi connectivity index (χ1n) is 11.2. The lowest BCUT2D eigenvalue weighted by Gasteiger charge is -2.36. The molecule has 5 rings (SSSR count). The molecule has 0 N–H and O–H groups in total. The number of carbonyl (C=O) groups is 1. The van der Waals surface area contributed by atoms with E-state index in [1.807, 2.05) is 50.5 Å². The highest BCUT2D eigenvalue weighted by Gasteiger charge is 2.48. The summed E-state index contributed by atoms with van der Waals surface area (Å²) >= 11 is 0. The van der Waals surface area contributed by atoms with E-state index in [-0.39, 0.29) is 6.09 Å². The first kappa shape index (κ1) is 19.9. The first-order chi connectivity index (χ1) is 15.1. The maximum Gasteiger partial charge on any atom is 0.415 e. The molecule has 2 fully saturated rings. The van der Waals surface area contributed by atoms with Crippen LogP contribution in [0.4, 0.5) is 10.5 Å². The van der Waals surface area contributed by atoms with Crippen molar-refractivity contribution in [2.75, 3.05) is 18.1 Å². The largest absolute Gasteiger partial charge is 0.494 e. The molecule has 2 aromatic carbocycles. The van der Waals surface area contributed by atoms with Gasteiger partial charge in [-0.1, -0.05) is 18.2 Å². The molecule has 2 aliphatic rings. The minimum absolute atomic E-state index is 0.250. The van der Waals surface area contributed by atoms with Crippen molar-refractivity contribution in [2.45, 2.75) is 51.7 Å². The zero-order chi connectivity index (χ0) is 21.4. The molecular formula is C25H29N3O3. The third-order valence-corrected chi connectivity index (χ3v) is 6.64. The van der Waals surface area contributed by atoms with Gasteiger partial charge in [0.05, 0.1) is 36.2 Å². The van der Waals surface area contributed by atoms with Crippen molar-refractivity contribution in [1.82, 2.24) is 9.55 Å². The van der Waals surface area contributed by atoms with Crippen molar-refractivity contribution >= 4 is 22.8 Å². The lowest BCUT2D eigenvalue weighted by atomic mass is 9.78. The number of nitrogens with zero attached hydrogens (tertiary/aromatic N) is 3. The van der Waals surface area contributed by atoms with Crippen LogP contribution in [-0.2, 0) is 11.3 Å². The van der Waals surface area contributed by atoms with Crippen LogP contribution >= 0.6 is 0 Å². The van der Waals surface area contributed by atoms with E-state index >= 15 is 0 Å². The zero-order valence-corrected chi connectivity index (χ0v) is 18.2. The number of fused-ring (bicyclic) bond motifs is 1. The molecular weight excluding hydrogens is 390 g/mol. The van der Waals surface area contributed by atoms with Gasteiger partial charge in [0.15, 0.2) is 0 Å². The summed E-state index contributed by atoms with van der Waals surface area (Å²) in [4.78, 5) is 19.1. The normalized spacial score (nSPS) is 23.5. The number of imidazole rings is 1. The molecule has 1 aromatic heterocycles. The van der Waals surface area contributed by atoms with E-state index in [1.54, 1.807) is 4.90 Å². The van der Waals surface area contributed by atoms with Crippen LogP contribution in [0.1, 0.15) is 38.2 Å². The number of benzene rings is 2. The molecule has 2 heterocycles. The molecule has 1 spiro atoms. The number of rotatable bonds is 5. The molecule has 6 nitrogen and oxygen atoms in total. The van der Waals surface area contributed by atoms with Crippen molar-refractivity contribution in [3.63, 3.8) is 0 Å². The van der Waals surface area contributed by atoms with Crippen LogP contribution in [0.3, 0.4) is 0 Å². The van der Waals surface area contributed by atoms with E-state index in [1.165, 1.54) is 0 Å². The summed E-state index contributed by atoms with van der Waals surface area (Å²) in [5, 5.41) is 0. The predicted octanol–water partition coefficient (Wildman–Crippen LogP) is 5.33. The first-order valence-corrected chi connectivity index (χ1v) is 11.2. The summed E-state index contributed by atoms with van der Waals surface area (Å²) in [7, 11) is 0. The monoisotopic (exact) mass is 419 g/mol. The highest BCUT2D eigenvalue weighted by Crippen LogP contribution is 2.42. The van der Waals surface area contributed by atoms with Gasteiger partial charge in [-0.05, 0) is 69.2 Å². The van der Waals surface area contributed by atoms with E-state index in [9.17, 15) is 4.79 Å². The number of aromatic nitrogens is 2. The smallest absolute Gasteiger partial charge is 0.415 e. The standard InChI is InChI=1S/C25H29N3O3/c1-3-30-23-13-20(11-10-18(23)2)28-16-25(31-24(28)29)12-6-7-19(14-25)15-27-17-26-21-8-4-5-9-22(21)27/h4-5,8-11,13,17,19H,3,6-7,12,14-16H2,1-2H3/t19?,25-/m0/s1. The second-order valence-electron chi connectivity index (χ2n) is 8.87. The van der Waals surface area contributed by atoms with Crippen molar-refractivity contribution < 1.29 is 14.3 Å². The molecule has 1 saturated carbocycles. The summed E-state index contributed by atoms with van der Waals surface area (Å²) in [6.45, 7) is 6.09. The van der Waals surface area contributed by atoms with Crippen LogP contribution < -0.4 is 9.64 Å². The fraction of sp³-hybridized carbons (Fsp3) is 0.440. The molecule has 1 unspecified atom stereocenters. The van der Waals surface area contributed by atoms with Gasteiger partial charge in [-0.2, -0.15) is 0 Å². The van der Waals surface area contributed by atoms with Gasteiger partial charge in [-0.25, -0.2) is 9.78 Å². The van der Waals surface area contributed by atoms with Crippen LogP contribution in [0.15, 0.2) is 48.8 Å². The molecule has 1 saturated heterocycles. The highest BCUT2D eigenvalue weighted by atomic mass is 16.6. The highest BCUT2D eigenvalue weighted by molar-refractivity contribution is 5.90. The third-order valence-electron chi connectivity index (χ3n) is 6.64. The lowest BCUT2D eigenvalue weighted by Crippen LogP contribution is -2.40. The van der Waals surface area contributed by atoms with Gasteiger partial charge in [-0.15, -0.1) is 0 Å². The van der Waals surface area contributed by atoms with E-state index in [0.29, 0.717) is 19.1 Å². The Hall–Kier alpha value is -3.02. The zero-order valence-electron chi connectivity index (χ0n) is 18.2. The van der Waals surface area contributed by atoms with E-state index in [2.05, 4.69) is 21.7 Å². The fourth-order valence-corrected chi connectivity index (χ4v) is 5.16. The van der Waals surface area contributed by atoms with Crippen LogP contribution in [0, 0.1) is 12.8 Å². The molecule has 6 heteroatoms. The summed E-state index contributed by atoms with van der Waals surface area (Å²) in [6.07, 6.45) is 5.69. The minimum atomic E-state index is -0.410. The number of anilines is 1. The van der Waals surface area contributed by atoms with Gasteiger partial charge < -0.3 is 14.0 Å². The Kier molecular flexibility index (Phi) is 5.08. The number of para-hydroxylation sites is 2. The molecule has 2 atom stereocenters. The fourth-order valence-electron chi connectivity index (χ4n) is 5.16. The maximum absolute atomic E-state index is 12.8. The van der Waals surface area contributed by atoms with Crippen molar-refractivity contribution in [2.24, 2.45) is 5.92 Å². The Morgan fingerprint density at radius 2 is 2.13 bits per heavy atom. The average molecular weight is 420 g/mol.